The minimum atomic E-state index is -2.61. The van der Waals surface area contributed by atoms with Gasteiger partial charge in [-0.05, 0) is 63.5 Å². The molecule has 0 amide bonds. The highest BCUT2D eigenvalue weighted by Gasteiger charge is 2.79. The zero-order chi connectivity index (χ0) is 30.8. The number of carbonyl (C=O) groups is 3. The van der Waals surface area contributed by atoms with Crippen LogP contribution in [-0.2, 0) is 23.8 Å². The van der Waals surface area contributed by atoms with Crippen molar-refractivity contribution < 1.29 is 48.7 Å². The molecule has 10 nitrogen and oxygen atoms in total. The second kappa shape index (κ2) is 9.04. The van der Waals surface area contributed by atoms with Crippen LogP contribution >= 0.6 is 11.6 Å². The van der Waals surface area contributed by atoms with Gasteiger partial charge in [-0.25, -0.2) is 4.79 Å². The van der Waals surface area contributed by atoms with Crippen molar-refractivity contribution in [3.8, 4) is 11.5 Å². The zero-order valence-electron chi connectivity index (χ0n) is 24.0. The number of phenols is 1. The van der Waals surface area contributed by atoms with Gasteiger partial charge >= 0.3 is 11.8 Å². The Morgan fingerprint density at radius 3 is 2.60 bits per heavy atom. The molecule has 0 aromatic heterocycles. The first-order valence-corrected chi connectivity index (χ1v) is 14.6. The lowest BCUT2D eigenvalue weighted by atomic mass is 9.50. The summed E-state index contributed by atoms with van der Waals surface area (Å²) in [4.78, 5) is 42.1. The van der Waals surface area contributed by atoms with Crippen LogP contribution in [0.1, 0.15) is 49.5 Å². The molecule has 3 aliphatic heterocycles. The van der Waals surface area contributed by atoms with E-state index in [9.17, 15) is 29.7 Å². The number of aromatic hydroxyl groups is 1. The van der Waals surface area contributed by atoms with Crippen LogP contribution in [0.3, 0.4) is 0 Å². The first-order valence-electron chi connectivity index (χ1n) is 14.2. The molecule has 0 unspecified atom stereocenters. The van der Waals surface area contributed by atoms with Crippen LogP contribution < -0.4 is 4.74 Å². The molecule has 226 valence electrons. The number of halogens is 1. The molecule has 1 aromatic carbocycles. The maximum atomic E-state index is 14.4. The molecular weight excluding hydrogens is 580 g/mol. The maximum absolute atomic E-state index is 14.4. The number of esters is 1. The van der Waals surface area contributed by atoms with Crippen molar-refractivity contribution in [2.75, 3.05) is 6.61 Å². The number of ether oxygens (including phenoxy) is 4. The average Bonchev–Trinajstić information content (AvgIpc) is 3.70. The smallest absolute Gasteiger partial charge is 0.349 e. The number of aliphatic hydroxyl groups excluding tert-OH is 2. The van der Waals surface area contributed by atoms with E-state index in [0.29, 0.717) is 23.1 Å². The fourth-order valence-electron chi connectivity index (χ4n) is 7.93. The molecule has 0 radical (unpaired) electrons. The quantitative estimate of drug-likeness (QED) is 0.263. The summed E-state index contributed by atoms with van der Waals surface area (Å²) in [6.45, 7) is 6.34. The number of allylic oxidation sites excluding steroid dienone is 4. The van der Waals surface area contributed by atoms with Gasteiger partial charge in [0.25, 0.3) is 5.78 Å². The predicted octanol–water partition coefficient (Wildman–Crippen LogP) is 3.30. The monoisotopic (exact) mass is 610 g/mol. The van der Waals surface area contributed by atoms with Gasteiger partial charge in [0.15, 0.2) is 11.9 Å². The number of Topliss-reactive ketones (excluding diaryl/α,β-unsaturated/α-hetero) is 2. The Morgan fingerprint density at radius 2 is 1.91 bits per heavy atom. The Balaban J connectivity index is 1.48. The minimum absolute atomic E-state index is 0.0229. The van der Waals surface area contributed by atoms with E-state index < -0.39 is 81.9 Å². The van der Waals surface area contributed by atoms with Gasteiger partial charge in [0.1, 0.15) is 57.7 Å². The fraction of sp³-hybridized carbons (Fsp3) is 0.469. The highest BCUT2D eigenvalue weighted by atomic mass is 35.5. The summed E-state index contributed by atoms with van der Waals surface area (Å²) in [5.74, 6) is -7.75. The third-order valence-electron chi connectivity index (χ3n) is 9.71. The van der Waals surface area contributed by atoms with Gasteiger partial charge in [0.2, 0.25) is 0 Å². The zero-order valence-corrected chi connectivity index (χ0v) is 24.7. The molecule has 2 saturated heterocycles. The van der Waals surface area contributed by atoms with E-state index in [1.807, 2.05) is 26.0 Å². The van der Waals surface area contributed by atoms with Crippen molar-refractivity contribution in [3.05, 3.63) is 69.0 Å². The SMILES string of the molecule is CC(C)=CC[C@]12O[C@H]1[C@@H](O)C=C1[C@H]3C=C(C)C[C@@]4(C(=O)CO)[C@H]3C(=C(Cl)C(=O)[C@]43OC(=O)c4c(O)cc(C)cc4O3)O[C@H]12. The molecule has 0 bridgehead atoms. The van der Waals surface area contributed by atoms with Crippen molar-refractivity contribution in [1.29, 1.82) is 0 Å². The summed E-state index contributed by atoms with van der Waals surface area (Å²) >= 11 is 6.82. The van der Waals surface area contributed by atoms with Crippen LogP contribution in [0.4, 0.5) is 0 Å². The Kier molecular flexibility index (Phi) is 5.96. The van der Waals surface area contributed by atoms with E-state index >= 15 is 0 Å². The number of phenolic OH excluding ortho intramolecular Hbond substituents is 1. The molecule has 7 rings (SSSR count). The summed E-state index contributed by atoms with van der Waals surface area (Å²) in [5.41, 5.74) is -0.342. The standard InChI is InChI=1S/C32H31ClO10/c1-13(2)5-6-31-27-17(10-19(36)28(31)42-31)16-7-15(4)11-30(21(37)12-34)23(16)25(40-27)24(33)26(38)32(30)41-20-9-14(3)8-18(35)22(20)29(39)43-32/h5,7-10,16,19,23,27-28,34-36H,6,11-12H2,1-4H3/t16-,19+,23-,27-,28+,30-,31-,32+/m1/s1. The molecule has 1 spiro atoms. The number of rotatable bonds is 4. The molecule has 0 saturated carbocycles. The molecule has 11 heteroatoms. The second-order valence-corrected chi connectivity index (χ2v) is 13.0. The van der Waals surface area contributed by atoms with Gasteiger partial charge < -0.3 is 34.3 Å². The number of aryl methyl sites for hydroxylation is 1. The third-order valence-corrected chi connectivity index (χ3v) is 10.1. The van der Waals surface area contributed by atoms with Gasteiger partial charge in [-0.1, -0.05) is 34.9 Å². The second-order valence-electron chi connectivity index (χ2n) is 12.7. The van der Waals surface area contributed by atoms with Crippen LogP contribution in [0, 0.1) is 24.2 Å². The number of ketones is 2. The average molecular weight is 611 g/mol. The van der Waals surface area contributed by atoms with E-state index in [0.717, 1.165) is 5.57 Å². The first-order chi connectivity index (χ1) is 20.3. The van der Waals surface area contributed by atoms with Gasteiger partial charge in [0, 0.05) is 18.3 Å². The van der Waals surface area contributed by atoms with Crippen LogP contribution in [0.25, 0.3) is 0 Å². The number of aliphatic hydroxyl groups is 2. The lowest BCUT2D eigenvalue weighted by molar-refractivity contribution is -0.241. The van der Waals surface area contributed by atoms with Crippen molar-refractivity contribution in [2.45, 2.75) is 70.2 Å². The number of hydrogen-bond donors (Lipinski definition) is 3. The Hall–Kier alpha value is -3.44. The molecule has 2 fully saturated rings. The number of benzene rings is 1. The highest BCUT2D eigenvalue weighted by molar-refractivity contribution is 6.44. The van der Waals surface area contributed by atoms with Crippen molar-refractivity contribution >= 4 is 29.1 Å². The summed E-state index contributed by atoms with van der Waals surface area (Å²) in [7, 11) is 0. The Labute approximate surface area is 252 Å². The topological polar surface area (TPSA) is 152 Å². The van der Waals surface area contributed by atoms with Crippen molar-refractivity contribution in [2.24, 2.45) is 17.3 Å². The van der Waals surface area contributed by atoms with Crippen LogP contribution in [-0.4, -0.2) is 69.2 Å². The van der Waals surface area contributed by atoms with E-state index in [1.165, 1.54) is 12.1 Å². The molecule has 1 aromatic rings. The lowest BCUT2D eigenvalue weighted by Gasteiger charge is -2.59. The third kappa shape index (κ3) is 3.49. The van der Waals surface area contributed by atoms with Crippen molar-refractivity contribution in [3.63, 3.8) is 0 Å². The van der Waals surface area contributed by atoms with E-state index in [-0.39, 0.29) is 23.5 Å². The van der Waals surface area contributed by atoms with Gasteiger partial charge in [0.05, 0.1) is 0 Å². The highest BCUT2D eigenvalue weighted by Crippen LogP contribution is 2.67. The molecule has 8 atom stereocenters. The van der Waals surface area contributed by atoms with Gasteiger partial charge in [-0.2, -0.15) is 0 Å². The molecule has 43 heavy (non-hydrogen) atoms. The van der Waals surface area contributed by atoms with Gasteiger partial charge in [-0.15, -0.1) is 0 Å². The molecule has 3 N–H and O–H groups in total. The molecule has 3 heterocycles. The fourth-order valence-corrected chi connectivity index (χ4v) is 8.21. The van der Waals surface area contributed by atoms with Crippen LogP contribution in [0.2, 0.25) is 0 Å². The molecule has 3 aliphatic carbocycles. The minimum Gasteiger partial charge on any atom is -0.507 e. The lowest BCUT2D eigenvalue weighted by Crippen LogP contribution is -2.73. The Morgan fingerprint density at radius 1 is 1.16 bits per heavy atom. The summed E-state index contributed by atoms with van der Waals surface area (Å²) in [5, 5.41) is 31.6. The largest absolute Gasteiger partial charge is 0.507 e. The first kappa shape index (κ1) is 28.3. The molecule has 6 aliphatic rings. The number of epoxide rings is 1. The van der Waals surface area contributed by atoms with E-state index in [1.54, 1.807) is 19.9 Å². The van der Waals surface area contributed by atoms with Crippen molar-refractivity contribution in [1.82, 2.24) is 0 Å². The van der Waals surface area contributed by atoms with Gasteiger partial charge in [-0.3, -0.25) is 9.59 Å². The molecular formula is C32H31ClO10. The van der Waals surface area contributed by atoms with Crippen LogP contribution in [0.5, 0.6) is 11.5 Å². The predicted molar refractivity (Wildman–Crippen MR) is 150 cm³/mol. The van der Waals surface area contributed by atoms with E-state index in [2.05, 4.69) is 0 Å². The number of fused-ring (bicyclic) bond motifs is 6. The maximum Gasteiger partial charge on any atom is 0.349 e. The Bertz CT molecular complexity index is 1650. The summed E-state index contributed by atoms with van der Waals surface area (Å²) in [6.07, 6.45) is 3.67. The summed E-state index contributed by atoms with van der Waals surface area (Å²) in [6, 6.07) is 2.81. The normalized spacial score (nSPS) is 38.3. The summed E-state index contributed by atoms with van der Waals surface area (Å²) < 4.78 is 24.8. The van der Waals surface area contributed by atoms with E-state index in [4.69, 9.17) is 30.5 Å². The number of hydrogen-bond acceptors (Lipinski definition) is 10. The number of carbonyl (C=O) groups excluding carboxylic acids is 3. The van der Waals surface area contributed by atoms with Crippen LogP contribution in [0.15, 0.2) is 57.9 Å².